The zero-order chi connectivity index (χ0) is 18.3. The van der Waals surface area contributed by atoms with Crippen molar-refractivity contribution < 1.29 is 18.8 Å². The molecule has 4 amide bonds. The van der Waals surface area contributed by atoms with E-state index in [0.29, 0.717) is 18.4 Å². The third-order valence-corrected chi connectivity index (χ3v) is 5.27. The molecular weight excluding hydrogens is 334 g/mol. The van der Waals surface area contributed by atoms with Gasteiger partial charge in [-0.25, -0.2) is 4.79 Å². The van der Waals surface area contributed by atoms with E-state index in [0.717, 1.165) is 40.8 Å². The molecule has 1 saturated carbocycles. The quantitative estimate of drug-likeness (QED) is 0.828. The number of imide groups is 1. The van der Waals surface area contributed by atoms with Crippen molar-refractivity contribution in [3.8, 4) is 0 Å². The lowest BCUT2D eigenvalue weighted by Gasteiger charge is -2.30. The summed E-state index contributed by atoms with van der Waals surface area (Å²) < 4.78 is 5.49. The normalized spacial score (nSPS) is 19.2. The van der Waals surface area contributed by atoms with Crippen LogP contribution in [0.4, 0.5) is 4.79 Å². The Bertz CT molecular complexity index is 895. The number of carbonyl (C=O) groups excluding carboxylic acids is 3. The second-order valence-corrected chi connectivity index (χ2v) is 7.19. The zero-order valence-electron chi connectivity index (χ0n) is 14.6. The van der Waals surface area contributed by atoms with Gasteiger partial charge in [-0.1, -0.05) is 31.4 Å². The van der Waals surface area contributed by atoms with Gasteiger partial charge in [0.25, 0.3) is 5.91 Å². The van der Waals surface area contributed by atoms with Gasteiger partial charge in [-0.2, -0.15) is 5.01 Å². The van der Waals surface area contributed by atoms with Crippen molar-refractivity contribution in [2.45, 2.75) is 51.0 Å². The summed E-state index contributed by atoms with van der Waals surface area (Å²) in [7, 11) is 0. The molecule has 2 heterocycles. The predicted molar refractivity (Wildman–Crippen MR) is 94.0 cm³/mol. The van der Waals surface area contributed by atoms with Gasteiger partial charge in [-0.15, -0.1) is 0 Å². The van der Waals surface area contributed by atoms with Crippen LogP contribution in [-0.4, -0.2) is 28.4 Å². The molecule has 0 radical (unpaired) electrons. The van der Waals surface area contributed by atoms with Crippen LogP contribution in [0.3, 0.4) is 0 Å². The number of rotatable bonds is 3. The summed E-state index contributed by atoms with van der Waals surface area (Å²) in [5.74, 6) is -0.784. The van der Waals surface area contributed by atoms with Crippen molar-refractivity contribution >= 4 is 28.8 Å². The van der Waals surface area contributed by atoms with Gasteiger partial charge in [0.05, 0.1) is 12.7 Å². The second-order valence-electron chi connectivity index (χ2n) is 7.19. The molecule has 7 nitrogen and oxygen atoms in total. The Hall–Kier alpha value is -2.83. The molecule has 2 aromatic rings. The molecule has 1 aliphatic heterocycles. The van der Waals surface area contributed by atoms with Crippen LogP contribution in [0.5, 0.6) is 0 Å². The third-order valence-electron chi connectivity index (χ3n) is 5.27. The molecule has 1 saturated heterocycles. The number of benzene rings is 1. The highest BCUT2D eigenvalue weighted by Crippen LogP contribution is 2.33. The van der Waals surface area contributed by atoms with Crippen molar-refractivity contribution in [2.24, 2.45) is 0 Å². The molecule has 7 heteroatoms. The van der Waals surface area contributed by atoms with Crippen LogP contribution in [-0.2, 0) is 16.0 Å². The fourth-order valence-corrected chi connectivity index (χ4v) is 3.88. The fourth-order valence-electron chi connectivity index (χ4n) is 3.88. The lowest BCUT2D eigenvalue weighted by molar-refractivity contribution is -0.139. The van der Waals surface area contributed by atoms with E-state index in [4.69, 9.17) is 4.42 Å². The lowest BCUT2D eigenvalue weighted by atomic mass is 9.82. The summed E-state index contributed by atoms with van der Waals surface area (Å²) in [5.41, 5.74) is 4.11. The summed E-state index contributed by atoms with van der Waals surface area (Å²) in [4.78, 5) is 37.3. The molecule has 0 atom stereocenters. The van der Waals surface area contributed by atoms with E-state index in [1.165, 1.54) is 6.26 Å². The van der Waals surface area contributed by atoms with Crippen LogP contribution in [0, 0.1) is 6.92 Å². The largest absolute Gasteiger partial charge is 0.464 e. The molecule has 0 bridgehead atoms. The number of hydrogen-bond donors (Lipinski definition) is 2. The van der Waals surface area contributed by atoms with Crippen LogP contribution in [0.2, 0.25) is 0 Å². The number of amides is 4. The summed E-state index contributed by atoms with van der Waals surface area (Å²) in [5, 5.41) is 4.46. The molecule has 1 aromatic carbocycles. The Morgan fingerprint density at radius 3 is 2.81 bits per heavy atom. The van der Waals surface area contributed by atoms with Gasteiger partial charge < -0.3 is 9.73 Å². The Kier molecular flexibility index (Phi) is 3.94. The minimum Gasteiger partial charge on any atom is -0.464 e. The Labute approximate surface area is 150 Å². The first-order valence-electron chi connectivity index (χ1n) is 8.91. The Balaban J connectivity index is 1.47. The van der Waals surface area contributed by atoms with Crippen LogP contribution in [0.25, 0.3) is 11.0 Å². The van der Waals surface area contributed by atoms with Gasteiger partial charge in [0.15, 0.2) is 0 Å². The van der Waals surface area contributed by atoms with Crippen molar-refractivity contribution in [1.82, 2.24) is 15.8 Å². The first-order chi connectivity index (χ1) is 12.5. The average Bonchev–Trinajstić information content (AvgIpc) is 3.10. The number of urea groups is 1. The number of hydrazine groups is 1. The monoisotopic (exact) mass is 355 g/mol. The van der Waals surface area contributed by atoms with E-state index >= 15 is 0 Å². The number of fused-ring (bicyclic) bond motifs is 1. The molecule has 1 aromatic heterocycles. The van der Waals surface area contributed by atoms with Crippen molar-refractivity contribution in [1.29, 1.82) is 0 Å². The van der Waals surface area contributed by atoms with E-state index < -0.39 is 17.5 Å². The number of nitrogens with one attached hydrogen (secondary N) is 2. The summed E-state index contributed by atoms with van der Waals surface area (Å²) >= 11 is 0. The molecule has 136 valence electrons. The molecule has 2 N–H and O–H groups in total. The number of nitrogens with zero attached hydrogens (tertiary/aromatic N) is 1. The highest BCUT2D eigenvalue weighted by atomic mass is 16.3. The minimum atomic E-state index is -0.845. The fraction of sp³-hybridized carbons (Fsp3) is 0.421. The zero-order valence-corrected chi connectivity index (χ0v) is 14.6. The topological polar surface area (TPSA) is 91.7 Å². The highest BCUT2D eigenvalue weighted by molar-refractivity contribution is 6.08. The third kappa shape index (κ3) is 2.73. The van der Waals surface area contributed by atoms with Gasteiger partial charge in [0.2, 0.25) is 5.91 Å². The average molecular weight is 355 g/mol. The molecule has 4 rings (SSSR count). The van der Waals surface area contributed by atoms with Gasteiger partial charge in [-0.05, 0) is 31.4 Å². The predicted octanol–water partition coefficient (Wildman–Crippen LogP) is 2.57. The maximum Gasteiger partial charge on any atom is 0.344 e. The van der Waals surface area contributed by atoms with Gasteiger partial charge in [-0.3, -0.25) is 15.0 Å². The molecule has 26 heavy (non-hydrogen) atoms. The molecule has 0 unspecified atom stereocenters. The molecule has 1 aliphatic carbocycles. The van der Waals surface area contributed by atoms with E-state index in [-0.39, 0.29) is 12.3 Å². The van der Waals surface area contributed by atoms with Gasteiger partial charge in [0, 0.05) is 10.9 Å². The van der Waals surface area contributed by atoms with Crippen molar-refractivity contribution in [2.75, 3.05) is 0 Å². The maximum absolute atomic E-state index is 12.7. The van der Waals surface area contributed by atoms with E-state index in [9.17, 15) is 14.4 Å². The van der Waals surface area contributed by atoms with E-state index in [1.807, 2.05) is 25.1 Å². The van der Waals surface area contributed by atoms with E-state index in [2.05, 4.69) is 10.7 Å². The Morgan fingerprint density at radius 2 is 2.04 bits per heavy atom. The Morgan fingerprint density at radius 1 is 1.27 bits per heavy atom. The van der Waals surface area contributed by atoms with E-state index in [1.54, 1.807) is 0 Å². The first kappa shape index (κ1) is 16.6. The second kappa shape index (κ2) is 6.16. The molecule has 1 spiro atoms. The molecule has 2 aliphatic rings. The number of aryl methyl sites for hydroxylation is 1. The standard InChI is InChI=1S/C19H21N3O4/c1-12-5-6-14-13(11-26-15(14)9-12)10-16(23)21-22-17(24)19(20-18(22)25)7-3-2-4-8-19/h5-6,9,11H,2-4,7-8,10H2,1H3,(H,20,25)(H,21,23). The number of hydrogen-bond acceptors (Lipinski definition) is 4. The first-order valence-corrected chi connectivity index (χ1v) is 8.91. The van der Waals surface area contributed by atoms with Crippen molar-refractivity contribution in [3.05, 3.63) is 35.6 Å². The summed E-state index contributed by atoms with van der Waals surface area (Å²) in [6, 6.07) is 5.20. The highest BCUT2D eigenvalue weighted by Gasteiger charge is 2.52. The molecule has 2 fully saturated rings. The SMILES string of the molecule is Cc1ccc2c(CC(=O)NN3C(=O)NC4(CCCCC4)C3=O)coc2c1. The van der Waals surface area contributed by atoms with Crippen LogP contribution >= 0.6 is 0 Å². The van der Waals surface area contributed by atoms with Gasteiger partial charge >= 0.3 is 6.03 Å². The maximum atomic E-state index is 12.7. The van der Waals surface area contributed by atoms with Crippen LogP contribution < -0.4 is 10.7 Å². The van der Waals surface area contributed by atoms with Crippen LogP contribution in [0.1, 0.15) is 43.2 Å². The van der Waals surface area contributed by atoms with Crippen molar-refractivity contribution in [3.63, 3.8) is 0 Å². The lowest BCUT2D eigenvalue weighted by Crippen LogP contribution is -2.51. The summed E-state index contributed by atoms with van der Waals surface area (Å²) in [6.45, 7) is 1.97. The smallest absolute Gasteiger partial charge is 0.344 e. The van der Waals surface area contributed by atoms with Crippen LogP contribution in [0.15, 0.2) is 28.9 Å². The van der Waals surface area contributed by atoms with Gasteiger partial charge in [0.1, 0.15) is 11.1 Å². The minimum absolute atomic E-state index is 0.0279. The number of furan rings is 1. The summed E-state index contributed by atoms with van der Waals surface area (Å²) in [6.07, 6.45) is 5.66. The number of carbonyl (C=O) groups is 3. The molecular formula is C19H21N3O4.